The number of amides is 1. The minimum absolute atomic E-state index is 0.101. The third-order valence-corrected chi connectivity index (χ3v) is 6.45. The minimum atomic E-state index is -1.53. The number of hydrogen-bond donors (Lipinski definition) is 1. The second kappa shape index (κ2) is 6.51. The van der Waals surface area contributed by atoms with Gasteiger partial charge in [-0.1, -0.05) is 12.8 Å². The van der Waals surface area contributed by atoms with Gasteiger partial charge in [0.1, 0.15) is 16.8 Å². The summed E-state index contributed by atoms with van der Waals surface area (Å²) < 4.78 is 41.4. The summed E-state index contributed by atoms with van der Waals surface area (Å²) in [6.07, 6.45) is 4.36. The number of benzene rings is 1. The molecule has 0 radical (unpaired) electrons. The number of fused-ring (bicyclic) bond motifs is 1. The lowest BCUT2D eigenvalue weighted by Crippen LogP contribution is -2.43. The molecule has 1 aromatic rings. The van der Waals surface area contributed by atoms with Crippen molar-refractivity contribution in [3.63, 3.8) is 0 Å². The Bertz CT molecular complexity index is 797. The molecule has 146 valence electrons. The third-order valence-electron chi connectivity index (χ3n) is 6.45. The summed E-state index contributed by atoms with van der Waals surface area (Å²) in [5, 5.41) is 9.89. The second-order valence-electron chi connectivity index (χ2n) is 7.93. The maximum Gasteiger partial charge on any atom is 0.313 e. The van der Waals surface area contributed by atoms with E-state index in [9.17, 15) is 27.9 Å². The molecule has 3 aliphatic rings. The van der Waals surface area contributed by atoms with E-state index in [1.165, 1.54) is 0 Å². The van der Waals surface area contributed by atoms with E-state index in [2.05, 4.69) is 4.90 Å². The molecule has 1 amide bonds. The van der Waals surface area contributed by atoms with E-state index in [1.807, 2.05) is 0 Å². The first-order valence-corrected chi connectivity index (χ1v) is 9.23. The first-order chi connectivity index (χ1) is 12.8. The van der Waals surface area contributed by atoms with Crippen LogP contribution in [-0.4, -0.2) is 59.0 Å². The van der Waals surface area contributed by atoms with Crippen LogP contribution in [0.25, 0.3) is 0 Å². The molecule has 0 bridgehead atoms. The Kier molecular flexibility index (Phi) is 4.41. The zero-order chi connectivity index (χ0) is 19.3. The second-order valence-corrected chi connectivity index (χ2v) is 7.93. The number of likely N-dealkylation sites (tertiary alicyclic amines) is 2. The van der Waals surface area contributed by atoms with Crippen molar-refractivity contribution in [3.05, 3.63) is 35.1 Å². The number of nitrogens with zero attached hydrogens (tertiary/aromatic N) is 2. The number of carboxylic acids is 1. The fourth-order valence-corrected chi connectivity index (χ4v) is 4.99. The van der Waals surface area contributed by atoms with Gasteiger partial charge < -0.3 is 10.0 Å². The number of halogens is 3. The van der Waals surface area contributed by atoms with Crippen LogP contribution in [0.4, 0.5) is 13.2 Å². The first kappa shape index (κ1) is 18.3. The largest absolute Gasteiger partial charge is 0.481 e. The van der Waals surface area contributed by atoms with Crippen LogP contribution >= 0.6 is 0 Å². The van der Waals surface area contributed by atoms with Gasteiger partial charge in [-0.15, -0.1) is 0 Å². The maximum absolute atomic E-state index is 14.0. The molecule has 2 aliphatic heterocycles. The molecule has 2 heterocycles. The van der Waals surface area contributed by atoms with Crippen molar-refractivity contribution in [3.8, 4) is 0 Å². The zero-order valence-corrected chi connectivity index (χ0v) is 14.8. The van der Waals surface area contributed by atoms with Crippen LogP contribution in [0.1, 0.15) is 36.0 Å². The zero-order valence-electron chi connectivity index (χ0n) is 14.8. The van der Waals surface area contributed by atoms with Crippen LogP contribution < -0.4 is 0 Å². The highest BCUT2D eigenvalue weighted by atomic mass is 19.2. The Morgan fingerprint density at radius 2 is 1.70 bits per heavy atom. The fourth-order valence-electron chi connectivity index (χ4n) is 4.99. The van der Waals surface area contributed by atoms with Crippen LogP contribution in [0, 0.1) is 28.8 Å². The molecule has 4 rings (SSSR count). The van der Waals surface area contributed by atoms with E-state index >= 15 is 0 Å². The van der Waals surface area contributed by atoms with Crippen molar-refractivity contribution in [2.75, 3.05) is 26.2 Å². The normalized spacial score (nSPS) is 28.7. The summed E-state index contributed by atoms with van der Waals surface area (Å²) in [4.78, 5) is 28.1. The molecule has 0 aromatic heterocycles. The Balaban J connectivity index is 1.58. The first-order valence-electron chi connectivity index (χ1n) is 9.23. The summed E-state index contributed by atoms with van der Waals surface area (Å²) in [5.41, 5.74) is -2.10. The average Bonchev–Trinajstić information content (AvgIpc) is 3.31. The topological polar surface area (TPSA) is 60.9 Å². The van der Waals surface area contributed by atoms with Crippen molar-refractivity contribution < 1.29 is 27.9 Å². The molecule has 5 nitrogen and oxygen atoms in total. The number of rotatable bonds is 3. The van der Waals surface area contributed by atoms with E-state index in [1.54, 1.807) is 0 Å². The van der Waals surface area contributed by atoms with E-state index in [0.29, 0.717) is 31.3 Å². The maximum atomic E-state index is 14.0. The summed E-state index contributed by atoms with van der Waals surface area (Å²) in [5.74, 6) is -6.28. The van der Waals surface area contributed by atoms with Crippen molar-refractivity contribution in [1.82, 2.24) is 9.80 Å². The molecule has 27 heavy (non-hydrogen) atoms. The molecule has 2 saturated heterocycles. The predicted octanol–water partition coefficient (Wildman–Crippen LogP) is 2.51. The lowest BCUT2D eigenvalue weighted by atomic mass is 9.81. The molecule has 3 fully saturated rings. The van der Waals surface area contributed by atoms with Crippen LogP contribution in [0.5, 0.6) is 0 Å². The standard InChI is InChI=1S/C19H21F3N2O3/c20-13-5-6-14(21)16(22)15(13)17(25)24-8-11-7-23(12-3-1-2-4-12)9-19(11,10-24)18(26)27/h5-6,11-12H,1-4,7-10H2,(H,26,27)/t11-,19-/m0/s1. The summed E-state index contributed by atoms with van der Waals surface area (Å²) in [6.45, 7) is 0.860. The van der Waals surface area contributed by atoms with Gasteiger partial charge in [-0.05, 0) is 25.0 Å². The van der Waals surface area contributed by atoms with Crippen molar-refractivity contribution in [1.29, 1.82) is 0 Å². The van der Waals surface area contributed by atoms with E-state index in [4.69, 9.17) is 0 Å². The van der Waals surface area contributed by atoms with Crippen LogP contribution in [0.2, 0.25) is 0 Å². The summed E-state index contributed by atoms with van der Waals surface area (Å²) in [6, 6.07) is 1.70. The van der Waals surface area contributed by atoms with Gasteiger partial charge in [0.25, 0.3) is 5.91 Å². The molecule has 0 unspecified atom stereocenters. The highest BCUT2D eigenvalue weighted by Gasteiger charge is 2.59. The number of carbonyl (C=O) groups excluding carboxylic acids is 1. The van der Waals surface area contributed by atoms with E-state index in [-0.39, 0.29) is 19.0 Å². The molecule has 1 saturated carbocycles. The summed E-state index contributed by atoms with van der Waals surface area (Å²) >= 11 is 0. The molecule has 8 heteroatoms. The average molecular weight is 382 g/mol. The quantitative estimate of drug-likeness (QED) is 0.816. The van der Waals surface area contributed by atoms with Crippen LogP contribution in [-0.2, 0) is 4.79 Å². The van der Waals surface area contributed by atoms with Crippen molar-refractivity contribution >= 4 is 11.9 Å². The molecular weight excluding hydrogens is 361 g/mol. The molecule has 1 N–H and O–H groups in total. The lowest BCUT2D eigenvalue weighted by molar-refractivity contribution is -0.148. The summed E-state index contributed by atoms with van der Waals surface area (Å²) in [7, 11) is 0. The van der Waals surface area contributed by atoms with Crippen LogP contribution in [0.15, 0.2) is 12.1 Å². The Hall–Kier alpha value is -2.09. The lowest BCUT2D eigenvalue weighted by Gasteiger charge is -2.28. The van der Waals surface area contributed by atoms with E-state index < -0.39 is 40.3 Å². The Morgan fingerprint density at radius 1 is 1.04 bits per heavy atom. The van der Waals surface area contributed by atoms with Gasteiger partial charge in [0.05, 0.1) is 0 Å². The molecular formula is C19H21F3N2O3. The van der Waals surface area contributed by atoms with Gasteiger partial charge in [0.15, 0.2) is 11.6 Å². The number of aliphatic carboxylic acids is 1. The van der Waals surface area contributed by atoms with Crippen molar-refractivity contribution in [2.24, 2.45) is 11.3 Å². The van der Waals surface area contributed by atoms with E-state index in [0.717, 1.165) is 30.6 Å². The molecule has 2 atom stereocenters. The molecule has 1 aromatic carbocycles. The van der Waals surface area contributed by atoms with Gasteiger partial charge in [0, 0.05) is 38.1 Å². The number of hydrogen-bond acceptors (Lipinski definition) is 3. The Labute approximate surface area is 154 Å². The monoisotopic (exact) mass is 382 g/mol. The van der Waals surface area contributed by atoms with Gasteiger partial charge in [-0.25, -0.2) is 13.2 Å². The highest BCUT2D eigenvalue weighted by Crippen LogP contribution is 2.45. The number of carboxylic acid groups (broad SMARTS) is 1. The molecule has 0 spiro atoms. The third kappa shape index (κ3) is 2.81. The Morgan fingerprint density at radius 3 is 2.33 bits per heavy atom. The van der Waals surface area contributed by atoms with Gasteiger partial charge in [0.2, 0.25) is 0 Å². The van der Waals surface area contributed by atoms with Gasteiger partial charge >= 0.3 is 5.97 Å². The van der Waals surface area contributed by atoms with Gasteiger partial charge in [-0.2, -0.15) is 0 Å². The SMILES string of the molecule is O=C(c1c(F)ccc(F)c1F)N1C[C@@H]2CN(C3CCCC3)C[C@]2(C(=O)O)C1. The van der Waals surface area contributed by atoms with Crippen molar-refractivity contribution in [2.45, 2.75) is 31.7 Å². The fraction of sp³-hybridized carbons (Fsp3) is 0.579. The predicted molar refractivity (Wildman–Crippen MR) is 89.6 cm³/mol. The highest BCUT2D eigenvalue weighted by molar-refractivity contribution is 5.95. The smallest absolute Gasteiger partial charge is 0.313 e. The van der Waals surface area contributed by atoms with Gasteiger partial charge in [-0.3, -0.25) is 14.5 Å². The molecule has 1 aliphatic carbocycles. The minimum Gasteiger partial charge on any atom is -0.481 e. The number of carbonyl (C=O) groups is 2. The van der Waals surface area contributed by atoms with Crippen LogP contribution in [0.3, 0.4) is 0 Å².